The second kappa shape index (κ2) is 4.76. The Hall–Kier alpha value is -1.13. The summed E-state index contributed by atoms with van der Waals surface area (Å²) >= 11 is 0. The van der Waals surface area contributed by atoms with E-state index in [1.165, 1.54) is 6.07 Å². The molecule has 0 spiro atoms. The normalized spacial score (nSPS) is 31.6. The molecule has 19 heavy (non-hydrogen) atoms. The molecule has 0 amide bonds. The van der Waals surface area contributed by atoms with Crippen molar-refractivity contribution in [3.8, 4) is 0 Å². The molecule has 0 saturated carbocycles. The molecule has 2 aliphatic rings. The zero-order valence-corrected chi connectivity index (χ0v) is 11.1. The summed E-state index contributed by atoms with van der Waals surface area (Å²) in [5.41, 5.74) is 1.19. The number of hydrogen-bond donors (Lipinski definition) is 2. The number of anilines is 1. The Kier molecular flexibility index (Phi) is 3.23. The van der Waals surface area contributed by atoms with Crippen LogP contribution in [0.15, 0.2) is 18.2 Å². The van der Waals surface area contributed by atoms with Crippen LogP contribution < -0.4 is 4.90 Å². The summed E-state index contributed by atoms with van der Waals surface area (Å²) in [5, 5.41) is 19.7. The molecule has 2 heterocycles. The van der Waals surface area contributed by atoms with Crippen LogP contribution in [-0.2, 0) is 0 Å². The molecule has 2 N–H and O–H groups in total. The van der Waals surface area contributed by atoms with Gasteiger partial charge in [-0.1, -0.05) is 6.07 Å². The molecular weight excluding hydrogens is 245 g/mol. The minimum Gasteiger partial charge on any atom is -0.393 e. The van der Waals surface area contributed by atoms with Gasteiger partial charge in [0.1, 0.15) is 5.82 Å². The first-order chi connectivity index (χ1) is 9.08. The number of piperidine rings is 1. The van der Waals surface area contributed by atoms with Gasteiger partial charge in [-0.3, -0.25) is 0 Å². The van der Waals surface area contributed by atoms with Crippen LogP contribution >= 0.6 is 0 Å². The summed E-state index contributed by atoms with van der Waals surface area (Å²) in [6, 6.07) is 5.52. The van der Waals surface area contributed by atoms with Crippen LogP contribution in [0.4, 0.5) is 10.1 Å². The molecular formula is C15H20FNO2. The number of hydrogen-bond acceptors (Lipinski definition) is 3. The van der Waals surface area contributed by atoms with Gasteiger partial charge < -0.3 is 15.1 Å². The Morgan fingerprint density at radius 3 is 2.47 bits per heavy atom. The van der Waals surface area contributed by atoms with E-state index in [4.69, 9.17) is 0 Å². The molecule has 3 rings (SSSR count). The number of nitrogens with zero attached hydrogens (tertiary/aromatic N) is 1. The van der Waals surface area contributed by atoms with Gasteiger partial charge in [-0.25, -0.2) is 4.39 Å². The highest BCUT2D eigenvalue weighted by Crippen LogP contribution is 2.42. The Morgan fingerprint density at radius 1 is 1.26 bits per heavy atom. The molecule has 2 aliphatic heterocycles. The highest BCUT2D eigenvalue weighted by atomic mass is 19.1. The zero-order valence-electron chi connectivity index (χ0n) is 11.1. The SMILES string of the molecule is C[C@@H](O)c1c(F)cccc1N1C2CCC1CC(O)C2. The van der Waals surface area contributed by atoms with Crippen LogP contribution in [0.5, 0.6) is 0 Å². The van der Waals surface area contributed by atoms with E-state index in [-0.39, 0.29) is 24.0 Å². The third-order valence-electron chi connectivity index (χ3n) is 4.43. The molecule has 0 radical (unpaired) electrons. The number of aliphatic hydroxyl groups excluding tert-OH is 2. The molecule has 2 unspecified atom stereocenters. The van der Waals surface area contributed by atoms with Crippen molar-refractivity contribution in [3.05, 3.63) is 29.6 Å². The van der Waals surface area contributed by atoms with E-state index in [1.807, 2.05) is 6.07 Å². The summed E-state index contributed by atoms with van der Waals surface area (Å²) < 4.78 is 14.0. The van der Waals surface area contributed by atoms with Gasteiger partial charge in [0, 0.05) is 23.3 Å². The Morgan fingerprint density at radius 2 is 1.89 bits per heavy atom. The van der Waals surface area contributed by atoms with Crippen LogP contribution in [0.1, 0.15) is 44.3 Å². The van der Waals surface area contributed by atoms with E-state index < -0.39 is 6.10 Å². The van der Waals surface area contributed by atoms with Crippen molar-refractivity contribution >= 4 is 5.69 Å². The summed E-state index contributed by atoms with van der Waals surface area (Å²) in [6.45, 7) is 1.60. The van der Waals surface area contributed by atoms with E-state index in [9.17, 15) is 14.6 Å². The number of benzene rings is 1. The lowest BCUT2D eigenvalue weighted by Gasteiger charge is -2.40. The number of rotatable bonds is 2. The molecule has 2 bridgehead atoms. The maximum absolute atomic E-state index is 14.0. The van der Waals surface area contributed by atoms with Gasteiger partial charge in [0.05, 0.1) is 12.2 Å². The first-order valence-corrected chi connectivity index (χ1v) is 7.00. The van der Waals surface area contributed by atoms with Gasteiger partial charge in [-0.2, -0.15) is 0 Å². The maximum atomic E-state index is 14.0. The van der Waals surface area contributed by atoms with Gasteiger partial charge >= 0.3 is 0 Å². The lowest BCUT2D eigenvalue weighted by Crippen LogP contribution is -2.45. The lowest BCUT2D eigenvalue weighted by molar-refractivity contribution is 0.126. The molecule has 2 saturated heterocycles. The number of aliphatic hydroxyl groups is 2. The monoisotopic (exact) mass is 265 g/mol. The van der Waals surface area contributed by atoms with Crippen LogP contribution in [0, 0.1) is 5.82 Å². The van der Waals surface area contributed by atoms with E-state index in [0.717, 1.165) is 31.4 Å². The largest absolute Gasteiger partial charge is 0.393 e. The average Bonchev–Trinajstić information content (AvgIpc) is 2.60. The van der Waals surface area contributed by atoms with Crippen molar-refractivity contribution < 1.29 is 14.6 Å². The average molecular weight is 265 g/mol. The summed E-state index contributed by atoms with van der Waals surface area (Å²) in [4.78, 5) is 2.22. The van der Waals surface area contributed by atoms with Crippen molar-refractivity contribution in [2.45, 2.75) is 56.9 Å². The summed E-state index contributed by atoms with van der Waals surface area (Å²) in [6.07, 6.45) is 2.51. The van der Waals surface area contributed by atoms with Gasteiger partial charge in [0.15, 0.2) is 0 Å². The van der Waals surface area contributed by atoms with Crippen molar-refractivity contribution in [1.29, 1.82) is 0 Å². The lowest BCUT2D eigenvalue weighted by atomic mass is 9.96. The first kappa shape index (κ1) is 12.9. The molecule has 0 aliphatic carbocycles. The first-order valence-electron chi connectivity index (χ1n) is 7.00. The predicted octanol–water partition coefficient (Wildman–Crippen LogP) is 2.37. The third kappa shape index (κ3) is 2.13. The van der Waals surface area contributed by atoms with Gasteiger partial charge in [-0.05, 0) is 44.7 Å². The fourth-order valence-corrected chi connectivity index (χ4v) is 3.71. The smallest absolute Gasteiger partial charge is 0.131 e. The maximum Gasteiger partial charge on any atom is 0.131 e. The molecule has 2 fully saturated rings. The quantitative estimate of drug-likeness (QED) is 0.863. The molecule has 4 heteroatoms. The van der Waals surface area contributed by atoms with Crippen molar-refractivity contribution in [3.63, 3.8) is 0 Å². The van der Waals surface area contributed by atoms with Gasteiger partial charge in [-0.15, -0.1) is 0 Å². The fraction of sp³-hybridized carbons (Fsp3) is 0.600. The Balaban J connectivity index is 2.01. The van der Waals surface area contributed by atoms with Gasteiger partial charge in [0.25, 0.3) is 0 Å². The molecule has 104 valence electrons. The van der Waals surface area contributed by atoms with E-state index >= 15 is 0 Å². The molecule has 0 aromatic heterocycles. The Bertz CT molecular complexity index is 463. The topological polar surface area (TPSA) is 43.7 Å². The standard InChI is InChI=1S/C15H20FNO2/c1-9(18)15-13(16)3-2-4-14(15)17-10-5-6-11(17)8-12(19)7-10/h2-4,9-12,18-19H,5-8H2,1H3/t9-,10?,11?,12?/m1/s1. The zero-order chi connectivity index (χ0) is 13.6. The highest BCUT2D eigenvalue weighted by molar-refractivity contribution is 5.58. The van der Waals surface area contributed by atoms with E-state index in [0.29, 0.717) is 5.56 Å². The van der Waals surface area contributed by atoms with Crippen molar-refractivity contribution in [2.24, 2.45) is 0 Å². The van der Waals surface area contributed by atoms with Crippen LogP contribution in [0.3, 0.4) is 0 Å². The fourth-order valence-electron chi connectivity index (χ4n) is 3.71. The highest BCUT2D eigenvalue weighted by Gasteiger charge is 2.41. The molecule has 1 aromatic carbocycles. The van der Waals surface area contributed by atoms with Crippen LogP contribution in [0.25, 0.3) is 0 Å². The second-order valence-electron chi connectivity index (χ2n) is 5.77. The van der Waals surface area contributed by atoms with E-state index in [1.54, 1.807) is 13.0 Å². The number of halogens is 1. The minimum atomic E-state index is -0.817. The predicted molar refractivity (Wildman–Crippen MR) is 71.6 cm³/mol. The van der Waals surface area contributed by atoms with Crippen molar-refractivity contribution in [1.82, 2.24) is 0 Å². The minimum absolute atomic E-state index is 0.239. The van der Waals surface area contributed by atoms with Crippen molar-refractivity contribution in [2.75, 3.05) is 4.90 Å². The van der Waals surface area contributed by atoms with E-state index in [2.05, 4.69) is 4.90 Å². The van der Waals surface area contributed by atoms with Crippen LogP contribution in [-0.4, -0.2) is 28.4 Å². The second-order valence-corrected chi connectivity index (χ2v) is 5.77. The number of fused-ring (bicyclic) bond motifs is 2. The molecule has 3 nitrogen and oxygen atoms in total. The van der Waals surface area contributed by atoms with Crippen LogP contribution in [0.2, 0.25) is 0 Å². The Labute approximate surface area is 112 Å². The van der Waals surface area contributed by atoms with Gasteiger partial charge in [0.2, 0.25) is 0 Å². The molecule has 1 aromatic rings. The third-order valence-corrected chi connectivity index (χ3v) is 4.43. The molecule has 3 atom stereocenters. The summed E-state index contributed by atoms with van der Waals surface area (Å²) in [7, 11) is 0. The summed E-state index contributed by atoms with van der Waals surface area (Å²) in [5.74, 6) is -0.349.